The molecule has 0 bridgehead atoms. The lowest BCUT2D eigenvalue weighted by molar-refractivity contribution is -0.127. The molecule has 0 unspecified atom stereocenters. The molecule has 1 aromatic carbocycles. The third-order valence-electron chi connectivity index (χ3n) is 3.66. The first kappa shape index (κ1) is 24.6. The molecule has 28 heavy (non-hydrogen) atoms. The van der Waals surface area contributed by atoms with E-state index in [0.717, 1.165) is 43.3 Å². The van der Waals surface area contributed by atoms with Crippen LogP contribution in [-0.4, -0.2) is 69.0 Å². The van der Waals surface area contributed by atoms with Gasteiger partial charge in [-0.2, -0.15) is 0 Å². The molecule has 6 nitrogen and oxygen atoms in total. The van der Waals surface area contributed by atoms with Gasteiger partial charge < -0.3 is 20.3 Å². The van der Waals surface area contributed by atoms with Crippen molar-refractivity contribution in [1.82, 2.24) is 15.5 Å². The van der Waals surface area contributed by atoms with Gasteiger partial charge in [-0.25, -0.2) is 4.99 Å². The molecule has 0 fully saturated rings. The van der Waals surface area contributed by atoms with Gasteiger partial charge in [-0.05, 0) is 51.0 Å². The summed E-state index contributed by atoms with van der Waals surface area (Å²) in [5.41, 5.74) is 0. The maximum absolute atomic E-state index is 11.8. The zero-order chi connectivity index (χ0) is 20.8. The third-order valence-corrected chi connectivity index (χ3v) is 4.93. The van der Waals surface area contributed by atoms with E-state index in [9.17, 15) is 4.79 Å². The van der Waals surface area contributed by atoms with Gasteiger partial charge in [-0.1, -0.05) is 11.6 Å². The molecule has 0 aliphatic rings. The van der Waals surface area contributed by atoms with Gasteiger partial charge in [0.05, 0.1) is 6.10 Å². The molecule has 0 saturated carbocycles. The number of amides is 1. The predicted octanol–water partition coefficient (Wildman–Crippen LogP) is 3.26. The van der Waals surface area contributed by atoms with E-state index in [1.165, 1.54) is 4.90 Å². The van der Waals surface area contributed by atoms with Gasteiger partial charge in [-0.15, -0.1) is 11.8 Å². The lowest BCUT2D eigenvalue weighted by Crippen LogP contribution is -2.40. The molecule has 0 atom stereocenters. The number of benzene rings is 1. The van der Waals surface area contributed by atoms with Crippen molar-refractivity contribution in [3.05, 3.63) is 29.3 Å². The number of nitrogens with zero attached hydrogens (tertiary/aromatic N) is 2. The lowest BCUT2D eigenvalue weighted by Gasteiger charge is -2.14. The number of guanidine groups is 1. The molecule has 158 valence electrons. The fourth-order valence-corrected chi connectivity index (χ4v) is 2.98. The normalized spacial score (nSPS) is 11.6. The molecule has 0 spiro atoms. The summed E-state index contributed by atoms with van der Waals surface area (Å²) in [4.78, 5) is 18.9. The summed E-state index contributed by atoms with van der Waals surface area (Å²) in [6.45, 7) is 6.49. The fraction of sp³-hybridized carbons (Fsp3) is 0.600. The van der Waals surface area contributed by atoms with Gasteiger partial charge in [0.1, 0.15) is 6.54 Å². The Balaban J connectivity index is 2.38. The molecule has 0 saturated heterocycles. The number of carbonyl (C=O) groups excluding carboxylic acids is 1. The van der Waals surface area contributed by atoms with Gasteiger partial charge in [0.2, 0.25) is 5.91 Å². The zero-order valence-electron chi connectivity index (χ0n) is 17.3. The van der Waals surface area contributed by atoms with Crippen LogP contribution in [0.2, 0.25) is 5.02 Å². The fourth-order valence-electron chi connectivity index (χ4n) is 2.08. The SMILES string of the molecule is CC(C)OCCCCNC(=NCC(=O)N(C)C)NCCSc1ccc(Cl)cc1. The number of nitrogens with one attached hydrogen (secondary N) is 2. The smallest absolute Gasteiger partial charge is 0.243 e. The maximum atomic E-state index is 11.8. The number of likely N-dealkylation sites (N-methyl/N-ethyl adjacent to an activating group) is 1. The molecular formula is C20H33ClN4O2S. The number of carbonyl (C=O) groups is 1. The molecule has 2 N–H and O–H groups in total. The van der Waals surface area contributed by atoms with E-state index in [1.54, 1.807) is 30.8 Å². The molecular weight excluding hydrogens is 396 g/mol. The van der Waals surface area contributed by atoms with Crippen LogP contribution < -0.4 is 10.6 Å². The number of rotatable bonds is 12. The number of ether oxygens (including phenoxy) is 1. The molecule has 0 heterocycles. The van der Waals surface area contributed by atoms with E-state index in [-0.39, 0.29) is 18.6 Å². The molecule has 0 radical (unpaired) electrons. The Labute approximate surface area is 178 Å². The second-order valence-corrected chi connectivity index (χ2v) is 8.34. The van der Waals surface area contributed by atoms with Crippen LogP contribution in [0, 0.1) is 0 Å². The second kappa shape index (κ2) is 14.5. The molecule has 0 aromatic heterocycles. The Morgan fingerprint density at radius 1 is 1.18 bits per heavy atom. The Morgan fingerprint density at radius 2 is 1.86 bits per heavy atom. The van der Waals surface area contributed by atoms with E-state index >= 15 is 0 Å². The Bertz CT molecular complexity index is 594. The van der Waals surface area contributed by atoms with E-state index in [1.807, 2.05) is 38.1 Å². The summed E-state index contributed by atoms with van der Waals surface area (Å²) >= 11 is 7.65. The summed E-state index contributed by atoms with van der Waals surface area (Å²) in [5, 5.41) is 7.33. The summed E-state index contributed by atoms with van der Waals surface area (Å²) in [6.07, 6.45) is 2.23. The van der Waals surface area contributed by atoms with Crippen molar-refractivity contribution < 1.29 is 9.53 Å². The van der Waals surface area contributed by atoms with E-state index in [4.69, 9.17) is 16.3 Å². The Hall–Kier alpha value is -1.44. The zero-order valence-corrected chi connectivity index (χ0v) is 18.9. The van der Waals surface area contributed by atoms with Gasteiger partial charge >= 0.3 is 0 Å². The van der Waals surface area contributed by atoms with Crippen LogP contribution in [0.4, 0.5) is 0 Å². The topological polar surface area (TPSA) is 66.0 Å². The van der Waals surface area contributed by atoms with Crippen LogP contribution in [-0.2, 0) is 9.53 Å². The van der Waals surface area contributed by atoms with E-state index in [2.05, 4.69) is 15.6 Å². The van der Waals surface area contributed by atoms with Crippen LogP contribution in [0.3, 0.4) is 0 Å². The standard InChI is InChI=1S/C20H33ClN4O2S/c1-16(2)27-13-6-5-11-22-20(24-15-19(26)25(3)4)23-12-14-28-18-9-7-17(21)8-10-18/h7-10,16H,5-6,11-15H2,1-4H3,(H2,22,23,24). The highest BCUT2D eigenvalue weighted by molar-refractivity contribution is 7.99. The van der Waals surface area contributed by atoms with Gasteiger partial charge in [0, 0.05) is 49.5 Å². The monoisotopic (exact) mass is 428 g/mol. The summed E-state index contributed by atoms with van der Waals surface area (Å²) in [6, 6.07) is 7.80. The summed E-state index contributed by atoms with van der Waals surface area (Å²) in [5.74, 6) is 1.52. The number of thioether (sulfide) groups is 1. The summed E-state index contributed by atoms with van der Waals surface area (Å²) in [7, 11) is 3.46. The van der Waals surface area contributed by atoms with Crippen molar-refractivity contribution in [3.8, 4) is 0 Å². The highest BCUT2D eigenvalue weighted by Crippen LogP contribution is 2.19. The van der Waals surface area contributed by atoms with Crippen molar-refractivity contribution in [2.24, 2.45) is 4.99 Å². The predicted molar refractivity (Wildman–Crippen MR) is 119 cm³/mol. The second-order valence-electron chi connectivity index (χ2n) is 6.74. The maximum Gasteiger partial charge on any atom is 0.243 e. The largest absolute Gasteiger partial charge is 0.379 e. The first-order valence-electron chi connectivity index (χ1n) is 9.60. The Kier molecular flexibility index (Phi) is 12.8. The highest BCUT2D eigenvalue weighted by atomic mass is 35.5. The quantitative estimate of drug-likeness (QED) is 0.231. The van der Waals surface area contributed by atoms with Gasteiger partial charge in [0.25, 0.3) is 0 Å². The number of hydrogen-bond acceptors (Lipinski definition) is 4. The Morgan fingerprint density at radius 3 is 2.50 bits per heavy atom. The number of aliphatic imine (C=N–C) groups is 1. The van der Waals surface area contributed by atoms with Crippen molar-refractivity contribution in [2.45, 2.75) is 37.7 Å². The molecule has 1 rings (SSSR count). The minimum Gasteiger partial charge on any atom is -0.379 e. The molecule has 1 amide bonds. The third kappa shape index (κ3) is 12.1. The molecule has 0 aliphatic carbocycles. The molecule has 0 aliphatic heterocycles. The van der Waals surface area contributed by atoms with E-state index < -0.39 is 0 Å². The summed E-state index contributed by atoms with van der Waals surface area (Å²) < 4.78 is 5.55. The van der Waals surface area contributed by atoms with Crippen molar-refractivity contribution in [2.75, 3.05) is 46.1 Å². The van der Waals surface area contributed by atoms with Crippen LogP contribution in [0.15, 0.2) is 34.2 Å². The number of halogens is 1. The van der Waals surface area contributed by atoms with Crippen molar-refractivity contribution >= 4 is 35.2 Å². The minimum atomic E-state index is -0.0260. The lowest BCUT2D eigenvalue weighted by atomic mass is 10.3. The van der Waals surface area contributed by atoms with Gasteiger partial charge in [-0.3, -0.25) is 4.79 Å². The van der Waals surface area contributed by atoms with Gasteiger partial charge in [0.15, 0.2) is 5.96 Å². The molecule has 8 heteroatoms. The first-order chi connectivity index (χ1) is 13.4. The van der Waals surface area contributed by atoms with Crippen molar-refractivity contribution in [1.29, 1.82) is 0 Å². The number of hydrogen-bond donors (Lipinski definition) is 2. The first-order valence-corrected chi connectivity index (χ1v) is 11.0. The molecule has 1 aromatic rings. The average molecular weight is 429 g/mol. The van der Waals surface area contributed by atoms with E-state index in [0.29, 0.717) is 5.96 Å². The van der Waals surface area contributed by atoms with Crippen LogP contribution in [0.1, 0.15) is 26.7 Å². The average Bonchev–Trinajstić information content (AvgIpc) is 2.65. The van der Waals surface area contributed by atoms with Crippen LogP contribution in [0.5, 0.6) is 0 Å². The van der Waals surface area contributed by atoms with Crippen molar-refractivity contribution in [3.63, 3.8) is 0 Å². The van der Waals surface area contributed by atoms with Crippen LogP contribution >= 0.6 is 23.4 Å². The minimum absolute atomic E-state index is 0.0260. The number of unbranched alkanes of at least 4 members (excludes halogenated alkanes) is 1. The van der Waals surface area contributed by atoms with Crippen LogP contribution in [0.25, 0.3) is 0 Å². The highest BCUT2D eigenvalue weighted by Gasteiger charge is 2.05.